The van der Waals surface area contributed by atoms with Crippen molar-refractivity contribution in [2.24, 2.45) is 7.05 Å². The fourth-order valence-electron chi connectivity index (χ4n) is 1.51. The first-order valence-corrected chi connectivity index (χ1v) is 4.87. The summed E-state index contributed by atoms with van der Waals surface area (Å²) in [5.41, 5.74) is 1.84. The number of aromatic nitrogens is 5. The van der Waals surface area contributed by atoms with E-state index in [2.05, 4.69) is 20.5 Å². The van der Waals surface area contributed by atoms with Crippen LogP contribution in [0.5, 0.6) is 0 Å². The zero-order valence-electron chi connectivity index (χ0n) is 8.70. The molecule has 6 nitrogen and oxygen atoms in total. The number of anilines is 2. The Kier molecular flexibility index (Phi) is 1.86. The van der Waals surface area contributed by atoms with Gasteiger partial charge in [0.15, 0.2) is 0 Å². The standard InChI is InChI=1S/C10H10N6/c1-15-7-8(5-12-15)13-10-11-6-9-3-2-4-16(9)14-10/h2-7H,1H3,(H,13,14). The lowest BCUT2D eigenvalue weighted by molar-refractivity contribution is 0.768. The molecule has 1 N–H and O–H groups in total. The van der Waals surface area contributed by atoms with E-state index in [4.69, 9.17) is 0 Å². The molecule has 0 amide bonds. The molecule has 3 aromatic rings. The summed E-state index contributed by atoms with van der Waals surface area (Å²) in [4.78, 5) is 4.20. The van der Waals surface area contributed by atoms with Gasteiger partial charge in [-0.2, -0.15) is 5.10 Å². The molecule has 80 valence electrons. The Morgan fingerprint density at radius 3 is 3.06 bits per heavy atom. The summed E-state index contributed by atoms with van der Waals surface area (Å²) >= 11 is 0. The van der Waals surface area contributed by atoms with Gasteiger partial charge in [0.2, 0.25) is 5.95 Å². The van der Waals surface area contributed by atoms with Gasteiger partial charge in [0.05, 0.1) is 23.6 Å². The molecule has 0 aliphatic rings. The van der Waals surface area contributed by atoms with Crippen LogP contribution in [0.25, 0.3) is 5.52 Å². The van der Waals surface area contributed by atoms with Gasteiger partial charge in [-0.15, -0.1) is 5.10 Å². The van der Waals surface area contributed by atoms with Crippen LogP contribution < -0.4 is 5.32 Å². The van der Waals surface area contributed by atoms with Gasteiger partial charge < -0.3 is 5.32 Å². The molecule has 0 fully saturated rings. The second-order valence-electron chi connectivity index (χ2n) is 3.49. The lowest BCUT2D eigenvalue weighted by atomic mass is 10.5. The predicted molar refractivity (Wildman–Crippen MR) is 59.5 cm³/mol. The average Bonchev–Trinajstić information content (AvgIpc) is 2.87. The van der Waals surface area contributed by atoms with Gasteiger partial charge in [-0.3, -0.25) is 4.68 Å². The van der Waals surface area contributed by atoms with E-state index in [9.17, 15) is 0 Å². The highest BCUT2D eigenvalue weighted by molar-refractivity contribution is 5.52. The van der Waals surface area contributed by atoms with E-state index in [1.165, 1.54) is 0 Å². The summed E-state index contributed by atoms with van der Waals surface area (Å²) < 4.78 is 3.49. The molecule has 0 aliphatic carbocycles. The molecule has 3 heterocycles. The maximum absolute atomic E-state index is 4.30. The number of nitrogens with zero attached hydrogens (tertiary/aromatic N) is 5. The summed E-state index contributed by atoms with van der Waals surface area (Å²) in [6.07, 6.45) is 7.24. The minimum Gasteiger partial charge on any atom is -0.320 e. The van der Waals surface area contributed by atoms with Crippen molar-refractivity contribution in [3.8, 4) is 0 Å². The van der Waals surface area contributed by atoms with Crippen LogP contribution >= 0.6 is 0 Å². The number of fused-ring (bicyclic) bond motifs is 1. The third-order valence-corrected chi connectivity index (χ3v) is 2.24. The highest BCUT2D eigenvalue weighted by Gasteiger charge is 2.01. The molecule has 3 aromatic heterocycles. The molecule has 0 saturated heterocycles. The second kappa shape index (κ2) is 3.34. The van der Waals surface area contributed by atoms with Crippen LogP contribution in [0, 0.1) is 0 Å². The fraction of sp³-hybridized carbons (Fsp3) is 0.100. The zero-order valence-corrected chi connectivity index (χ0v) is 8.70. The highest BCUT2D eigenvalue weighted by Crippen LogP contribution is 2.11. The van der Waals surface area contributed by atoms with Crippen molar-refractivity contribution < 1.29 is 0 Å². The SMILES string of the molecule is Cn1cc(Nc2ncc3cccn3n2)cn1. The highest BCUT2D eigenvalue weighted by atomic mass is 15.3. The van der Waals surface area contributed by atoms with Crippen LogP contribution in [0.4, 0.5) is 11.6 Å². The monoisotopic (exact) mass is 214 g/mol. The second-order valence-corrected chi connectivity index (χ2v) is 3.49. The first-order valence-electron chi connectivity index (χ1n) is 4.87. The summed E-state index contributed by atoms with van der Waals surface area (Å²) in [6, 6.07) is 3.88. The zero-order chi connectivity index (χ0) is 11.0. The predicted octanol–water partition coefficient (Wildman–Crippen LogP) is 1.21. The molecule has 0 radical (unpaired) electrons. The van der Waals surface area contributed by atoms with Gasteiger partial charge in [-0.25, -0.2) is 9.50 Å². The summed E-state index contributed by atoms with van der Waals surface area (Å²) in [5.74, 6) is 0.553. The van der Waals surface area contributed by atoms with Crippen molar-refractivity contribution in [1.29, 1.82) is 0 Å². The minimum absolute atomic E-state index is 0.553. The van der Waals surface area contributed by atoms with Gasteiger partial charge in [0, 0.05) is 19.4 Å². The van der Waals surface area contributed by atoms with Crippen LogP contribution in [-0.4, -0.2) is 24.4 Å². The number of nitrogens with one attached hydrogen (secondary N) is 1. The number of hydrogen-bond donors (Lipinski definition) is 1. The van der Waals surface area contributed by atoms with Crippen LogP contribution in [-0.2, 0) is 7.05 Å². The lowest BCUT2D eigenvalue weighted by Gasteiger charge is -2.01. The summed E-state index contributed by atoms with van der Waals surface area (Å²) in [6.45, 7) is 0. The molecule has 16 heavy (non-hydrogen) atoms. The van der Waals surface area contributed by atoms with Crippen LogP contribution in [0.3, 0.4) is 0 Å². The van der Waals surface area contributed by atoms with Crippen molar-refractivity contribution in [2.45, 2.75) is 0 Å². The molecular formula is C10H10N6. The van der Waals surface area contributed by atoms with E-state index in [0.29, 0.717) is 5.95 Å². The van der Waals surface area contributed by atoms with Crippen LogP contribution in [0.1, 0.15) is 0 Å². The Bertz CT molecular complexity index is 623. The van der Waals surface area contributed by atoms with E-state index in [0.717, 1.165) is 11.2 Å². The molecule has 0 aliphatic heterocycles. The van der Waals surface area contributed by atoms with Gasteiger partial charge in [-0.1, -0.05) is 0 Å². The van der Waals surface area contributed by atoms with E-state index < -0.39 is 0 Å². The quantitative estimate of drug-likeness (QED) is 0.696. The van der Waals surface area contributed by atoms with Gasteiger partial charge in [0.1, 0.15) is 0 Å². The molecule has 0 unspecified atom stereocenters. The van der Waals surface area contributed by atoms with Gasteiger partial charge >= 0.3 is 0 Å². The van der Waals surface area contributed by atoms with Gasteiger partial charge in [0.25, 0.3) is 0 Å². The summed E-state index contributed by atoms with van der Waals surface area (Å²) in [5, 5.41) is 11.4. The van der Waals surface area contributed by atoms with E-state index in [-0.39, 0.29) is 0 Å². The van der Waals surface area contributed by atoms with E-state index >= 15 is 0 Å². The molecule has 0 bridgehead atoms. The Labute approximate surface area is 91.5 Å². The first kappa shape index (κ1) is 8.90. The maximum atomic E-state index is 4.30. The number of rotatable bonds is 2. The molecule has 0 saturated carbocycles. The first-order chi connectivity index (χ1) is 7.81. The van der Waals surface area contributed by atoms with Crippen molar-refractivity contribution in [3.05, 3.63) is 36.9 Å². The maximum Gasteiger partial charge on any atom is 0.245 e. The average molecular weight is 214 g/mol. The van der Waals surface area contributed by atoms with Crippen molar-refractivity contribution in [2.75, 3.05) is 5.32 Å². The minimum atomic E-state index is 0.553. The number of hydrogen-bond acceptors (Lipinski definition) is 4. The Morgan fingerprint density at radius 2 is 2.25 bits per heavy atom. The lowest BCUT2D eigenvalue weighted by Crippen LogP contribution is -2.00. The van der Waals surface area contributed by atoms with Crippen molar-refractivity contribution >= 4 is 17.2 Å². The fourth-order valence-corrected chi connectivity index (χ4v) is 1.51. The molecule has 0 spiro atoms. The van der Waals surface area contributed by atoms with E-state index in [1.54, 1.807) is 21.6 Å². The molecular weight excluding hydrogens is 204 g/mol. The molecule has 3 rings (SSSR count). The Balaban J connectivity index is 1.94. The van der Waals surface area contributed by atoms with Crippen LogP contribution in [0.2, 0.25) is 0 Å². The number of aryl methyl sites for hydroxylation is 1. The van der Waals surface area contributed by atoms with Gasteiger partial charge in [-0.05, 0) is 12.1 Å². The molecule has 6 heteroatoms. The Hall–Kier alpha value is -2.37. The van der Waals surface area contributed by atoms with Crippen LogP contribution in [0.15, 0.2) is 36.9 Å². The normalized spacial score (nSPS) is 10.8. The summed E-state index contributed by atoms with van der Waals surface area (Å²) in [7, 11) is 1.86. The van der Waals surface area contributed by atoms with Crippen molar-refractivity contribution in [1.82, 2.24) is 24.4 Å². The van der Waals surface area contributed by atoms with Crippen molar-refractivity contribution in [3.63, 3.8) is 0 Å². The third kappa shape index (κ3) is 1.50. The molecule has 0 atom stereocenters. The van der Waals surface area contributed by atoms with E-state index in [1.807, 2.05) is 31.6 Å². The molecule has 0 aromatic carbocycles. The third-order valence-electron chi connectivity index (χ3n) is 2.24. The largest absolute Gasteiger partial charge is 0.320 e. The smallest absolute Gasteiger partial charge is 0.245 e. The Morgan fingerprint density at radius 1 is 1.31 bits per heavy atom. The topological polar surface area (TPSA) is 60.0 Å².